The van der Waals surface area contributed by atoms with E-state index in [1.807, 2.05) is 6.08 Å². The Balaban J connectivity index is 2.10. The van der Waals surface area contributed by atoms with Crippen molar-refractivity contribution in [2.24, 2.45) is 0 Å². The van der Waals surface area contributed by atoms with E-state index in [4.69, 9.17) is 4.74 Å². The molecule has 1 aliphatic rings. The Bertz CT molecular complexity index is 280. The van der Waals surface area contributed by atoms with Gasteiger partial charge < -0.3 is 14.9 Å². The van der Waals surface area contributed by atoms with Crippen LogP contribution in [-0.2, 0) is 4.74 Å². The average Bonchev–Trinajstić information content (AvgIpc) is 2.88. The summed E-state index contributed by atoms with van der Waals surface area (Å²) >= 11 is 0. The largest absolute Gasteiger partial charge is 0.390 e. The molecule has 130 valence electrons. The molecular weight excluding hydrogens is 276 g/mol. The average molecular weight is 312 g/mol. The summed E-state index contributed by atoms with van der Waals surface area (Å²) in [4.78, 5) is 0. The first kappa shape index (κ1) is 19.7. The van der Waals surface area contributed by atoms with Crippen LogP contribution >= 0.6 is 0 Å². The van der Waals surface area contributed by atoms with E-state index in [0.29, 0.717) is 6.42 Å². The van der Waals surface area contributed by atoms with E-state index in [1.54, 1.807) is 0 Å². The van der Waals surface area contributed by atoms with Crippen molar-refractivity contribution in [1.29, 1.82) is 0 Å². The summed E-state index contributed by atoms with van der Waals surface area (Å²) in [6, 6.07) is 0. The lowest BCUT2D eigenvalue weighted by molar-refractivity contribution is -0.0498. The van der Waals surface area contributed by atoms with Crippen LogP contribution in [0.1, 0.15) is 84.0 Å². The van der Waals surface area contributed by atoms with Gasteiger partial charge in [0.1, 0.15) is 0 Å². The van der Waals surface area contributed by atoms with Gasteiger partial charge in [0.2, 0.25) is 0 Å². The Morgan fingerprint density at radius 2 is 1.86 bits per heavy atom. The molecule has 1 rings (SSSR count). The predicted octanol–water partition coefficient (Wildman–Crippen LogP) is 4.36. The van der Waals surface area contributed by atoms with Crippen LogP contribution in [0.4, 0.5) is 0 Å². The maximum atomic E-state index is 10.2. The van der Waals surface area contributed by atoms with E-state index in [9.17, 15) is 10.2 Å². The third-order valence-electron chi connectivity index (χ3n) is 4.68. The molecule has 4 atom stereocenters. The fourth-order valence-corrected chi connectivity index (χ4v) is 3.22. The Morgan fingerprint density at radius 1 is 1.14 bits per heavy atom. The molecule has 1 saturated heterocycles. The van der Waals surface area contributed by atoms with Crippen molar-refractivity contribution < 1.29 is 14.9 Å². The lowest BCUT2D eigenvalue weighted by Crippen LogP contribution is -2.26. The number of ether oxygens (including phenoxy) is 1. The fourth-order valence-electron chi connectivity index (χ4n) is 3.22. The lowest BCUT2D eigenvalue weighted by atomic mass is 10.0. The zero-order valence-corrected chi connectivity index (χ0v) is 14.4. The van der Waals surface area contributed by atoms with E-state index in [1.165, 1.54) is 38.5 Å². The van der Waals surface area contributed by atoms with E-state index < -0.39 is 12.2 Å². The Kier molecular flexibility index (Phi) is 10.8. The molecule has 0 aliphatic carbocycles. The van der Waals surface area contributed by atoms with Crippen molar-refractivity contribution in [2.45, 2.75) is 108 Å². The summed E-state index contributed by atoms with van der Waals surface area (Å²) in [6.45, 7) is 5.91. The quantitative estimate of drug-likeness (QED) is 0.392. The van der Waals surface area contributed by atoms with E-state index in [0.717, 1.165) is 32.1 Å². The molecular formula is C19H36O3. The number of hydrogen-bond donors (Lipinski definition) is 2. The summed E-state index contributed by atoms with van der Waals surface area (Å²) < 4.78 is 5.88. The Labute approximate surface area is 136 Å². The Morgan fingerprint density at radius 3 is 2.59 bits per heavy atom. The maximum Gasteiger partial charge on any atom is 0.0864 e. The molecule has 0 aromatic rings. The summed E-state index contributed by atoms with van der Waals surface area (Å²) in [7, 11) is 0. The van der Waals surface area contributed by atoms with Crippen molar-refractivity contribution >= 4 is 0 Å². The minimum atomic E-state index is -0.418. The van der Waals surface area contributed by atoms with Crippen LogP contribution in [0.2, 0.25) is 0 Å². The Hall–Kier alpha value is -0.380. The highest BCUT2D eigenvalue weighted by atomic mass is 16.5. The standard InChI is InChI=1S/C19H36O3/c1-3-5-7-8-9-10-12-13-16(20)19-15-17(21)18(22-19)14-11-6-4-2/h3,16-21H,1,4-15H2,2H3/t16-,17+,18+,19-/m1/s1. The third-order valence-corrected chi connectivity index (χ3v) is 4.68. The molecule has 0 aromatic carbocycles. The zero-order valence-electron chi connectivity index (χ0n) is 14.4. The lowest BCUT2D eigenvalue weighted by Gasteiger charge is -2.19. The number of unbranched alkanes of at least 4 members (excludes halogenated alkanes) is 7. The van der Waals surface area contributed by atoms with Crippen molar-refractivity contribution in [3.05, 3.63) is 12.7 Å². The van der Waals surface area contributed by atoms with Gasteiger partial charge in [-0.05, 0) is 25.7 Å². The minimum Gasteiger partial charge on any atom is -0.390 e. The summed E-state index contributed by atoms with van der Waals surface area (Å²) in [5, 5.41) is 20.3. The molecule has 0 aromatic heterocycles. The van der Waals surface area contributed by atoms with Crippen LogP contribution in [0, 0.1) is 0 Å². The van der Waals surface area contributed by atoms with Gasteiger partial charge in [-0.3, -0.25) is 0 Å². The molecule has 0 bridgehead atoms. The molecule has 3 heteroatoms. The van der Waals surface area contributed by atoms with Gasteiger partial charge in [-0.25, -0.2) is 0 Å². The topological polar surface area (TPSA) is 49.7 Å². The molecule has 1 aliphatic heterocycles. The normalized spacial score (nSPS) is 26.2. The minimum absolute atomic E-state index is 0.0647. The van der Waals surface area contributed by atoms with Gasteiger partial charge in [-0.15, -0.1) is 6.58 Å². The molecule has 1 heterocycles. The van der Waals surface area contributed by atoms with E-state index in [2.05, 4.69) is 13.5 Å². The predicted molar refractivity (Wildman–Crippen MR) is 91.9 cm³/mol. The summed E-state index contributed by atoms with van der Waals surface area (Å²) in [5.41, 5.74) is 0. The second kappa shape index (κ2) is 12.1. The monoisotopic (exact) mass is 312 g/mol. The SMILES string of the molecule is C=CCCCCCCC[C@@H](O)[C@H]1C[C@H](O)[C@H](CCCCC)O1. The van der Waals surface area contributed by atoms with Crippen molar-refractivity contribution in [1.82, 2.24) is 0 Å². The third kappa shape index (κ3) is 7.75. The van der Waals surface area contributed by atoms with Crippen LogP contribution in [-0.4, -0.2) is 34.6 Å². The van der Waals surface area contributed by atoms with E-state index >= 15 is 0 Å². The smallest absolute Gasteiger partial charge is 0.0864 e. The molecule has 0 saturated carbocycles. The summed E-state index contributed by atoms with van der Waals surface area (Å²) in [6.07, 6.45) is 13.7. The molecule has 0 spiro atoms. The highest BCUT2D eigenvalue weighted by Crippen LogP contribution is 2.28. The molecule has 0 unspecified atom stereocenters. The molecule has 2 N–H and O–H groups in total. The van der Waals surface area contributed by atoms with Gasteiger partial charge in [-0.2, -0.15) is 0 Å². The van der Waals surface area contributed by atoms with Gasteiger partial charge in [0.15, 0.2) is 0 Å². The van der Waals surface area contributed by atoms with Gasteiger partial charge >= 0.3 is 0 Å². The van der Waals surface area contributed by atoms with Crippen LogP contribution in [0.15, 0.2) is 12.7 Å². The molecule has 22 heavy (non-hydrogen) atoms. The van der Waals surface area contributed by atoms with E-state index in [-0.39, 0.29) is 12.2 Å². The van der Waals surface area contributed by atoms with Crippen molar-refractivity contribution in [3.63, 3.8) is 0 Å². The number of aliphatic hydroxyl groups is 2. The van der Waals surface area contributed by atoms with Crippen LogP contribution in [0.5, 0.6) is 0 Å². The number of aliphatic hydroxyl groups excluding tert-OH is 2. The molecule has 0 amide bonds. The first-order valence-electron chi connectivity index (χ1n) is 9.31. The molecule has 0 radical (unpaired) electrons. The van der Waals surface area contributed by atoms with Gasteiger partial charge in [-0.1, -0.05) is 57.9 Å². The maximum absolute atomic E-state index is 10.2. The van der Waals surface area contributed by atoms with Crippen LogP contribution < -0.4 is 0 Å². The zero-order chi connectivity index (χ0) is 16.2. The highest BCUT2D eigenvalue weighted by molar-refractivity contribution is 4.85. The highest BCUT2D eigenvalue weighted by Gasteiger charge is 2.36. The second-order valence-electron chi connectivity index (χ2n) is 6.71. The number of rotatable bonds is 13. The van der Waals surface area contributed by atoms with Crippen LogP contribution in [0.3, 0.4) is 0 Å². The molecule has 3 nitrogen and oxygen atoms in total. The van der Waals surface area contributed by atoms with Crippen molar-refractivity contribution in [3.8, 4) is 0 Å². The van der Waals surface area contributed by atoms with Gasteiger partial charge in [0.05, 0.1) is 24.4 Å². The number of hydrogen-bond acceptors (Lipinski definition) is 3. The molecule has 1 fully saturated rings. The van der Waals surface area contributed by atoms with Crippen molar-refractivity contribution in [2.75, 3.05) is 0 Å². The second-order valence-corrected chi connectivity index (χ2v) is 6.71. The number of allylic oxidation sites excluding steroid dienone is 1. The first-order valence-corrected chi connectivity index (χ1v) is 9.31. The van der Waals surface area contributed by atoms with Gasteiger partial charge in [0, 0.05) is 6.42 Å². The fraction of sp³-hybridized carbons (Fsp3) is 0.895. The van der Waals surface area contributed by atoms with Gasteiger partial charge in [0.25, 0.3) is 0 Å². The van der Waals surface area contributed by atoms with Crippen LogP contribution in [0.25, 0.3) is 0 Å². The first-order chi connectivity index (χ1) is 10.7. The summed E-state index contributed by atoms with van der Waals surface area (Å²) in [5.74, 6) is 0.